The number of ether oxygens (including phenoxy) is 1. The Kier molecular flexibility index (Phi) is 3.51. The third-order valence-corrected chi connectivity index (χ3v) is 2.75. The summed E-state index contributed by atoms with van der Waals surface area (Å²) in [5.74, 6) is -0.464. The van der Waals surface area contributed by atoms with Crippen molar-refractivity contribution in [2.75, 3.05) is 7.11 Å². The van der Waals surface area contributed by atoms with E-state index >= 15 is 0 Å². The molecule has 98 valence electrons. The number of aliphatic hydroxyl groups excluding tert-OH is 1. The zero-order valence-corrected chi connectivity index (χ0v) is 10.6. The van der Waals surface area contributed by atoms with Crippen molar-refractivity contribution in [1.82, 2.24) is 0 Å². The fourth-order valence-corrected chi connectivity index (χ4v) is 1.84. The molecular formula is C15H13FO3. The van der Waals surface area contributed by atoms with Crippen molar-refractivity contribution in [3.05, 3.63) is 47.8 Å². The van der Waals surface area contributed by atoms with E-state index in [1.54, 1.807) is 24.3 Å². The predicted octanol–water partition coefficient (Wildman–Crippen LogP) is 3.48. The number of benzene rings is 2. The number of carbonyl (C=O) groups excluding carboxylic acids is 1. The smallest absolute Gasteiger partial charge is 0.156 e. The van der Waals surface area contributed by atoms with Gasteiger partial charge in [0.2, 0.25) is 0 Å². The molecular weight excluding hydrogens is 247 g/mol. The molecule has 0 saturated carbocycles. The van der Waals surface area contributed by atoms with Gasteiger partial charge in [-0.15, -0.1) is 0 Å². The van der Waals surface area contributed by atoms with Crippen LogP contribution < -0.4 is 4.74 Å². The fourth-order valence-electron chi connectivity index (χ4n) is 1.84. The first-order valence-electron chi connectivity index (χ1n) is 5.70. The zero-order chi connectivity index (χ0) is 14.0. The number of allylic oxidation sites excluding steroid dienone is 1. The normalized spacial score (nSPS) is 11.6. The Morgan fingerprint density at radius 2 is 2.05 bits per heavy atom. The molecule has 0 aliphatic rings. The van der Waals surface area contributed by atoms with E-state index in [1.807, 2.05) is 0 Å². The molecule has 0 atom stereocenters. The van der Waals surface area contributed by atoms with Crippen molar-refractivity contribution in [3.8, 4) is 5.75 Å². The van der Waals surface area contributed by atoms with Gasteiger partial charge in [-0.2, -0.15) is 0 Å². The predicted molar refractivity (Wildman–Crippen MR) is 71.7 cm³/mol. The monoisotopic (exact) mass is 260 g/mol. The summed E-state index contributed by atoms with van der Waals surface area (Å²) in [5, 5.41) is 10.8. The number of methoxy groups -OCH3 is 1. The summed E-state index contributed by atoms with van der Waals surface area (Å²) < 4.78 is 19.0. The first-order valence-corrected chi connectivity index (χ1v) is 5.70. The second-order valence-electron chi connectivity index (χ2n) is 4.19. The molecule has 2 aromatic rings. The summed E-state index contributed by atoms with van der Waals surface area (Å²) in [6.07, 6.45) is 1.06. The average Bonchev–Trinajstić information content (AvgIpc) is 2.37. The molecule has 19 heavy (non-hydrogen) atoms. The minimum atomic E-state index is -0.477. The number of aliphatic hydroxyl groups is 1. The van der Waals surface area contributed by atoms with E-state index < -0.39 is 5.82 Å². The molecule has 0 bridgehead atoms. The van der Waals surface area contributed by atoms with Crippen molar-refractivity contribution in [2.45, 2.75) is 6.92 Å². The zero-order valence-electron chi connectivity index (χ0n) is 10.6. The molecule has 1 N–H and O–H groups in total. The second kappa shape index (κ2) is 5.10. The average molecular weight is 260 g/mol. The number of ketones is 1. The lowest BCUT2D eigenvalue weighted by atomic mass is 10.0. The third kappa shape index (κ3) is 2.73. The fraction of sp³-hybridized carbons (Fsp3) is 0.133. The molecule has 0 aromatic heterocycles. The van der Waals surface area contributed by atoms with Crippen molar-refractivity contribution in [2.24, 2.45) is 0 Å². The van der Waals surface area contributed by atoms with Crippen LogP contribution in [0.4, 0.5) is 4.39 Å². The summed E-state index contributed by atoms with van der Waals surface area (Å²) >= 11 is 0. The van der Waals surface area contributed by atoms with Crippen LogP contribution in [-0.4, -0.2) is 18.0 Å². The topological polar surface area (TPSA) is 46.5 Å². The van der Waals surface area contributed by atoms with E-state index in [4.69, 9.17) is 4.74 Å². The third-order valence-electron chi connectivity index (χ3n) is 2.75. The van der Waals surface area contributed by atoms with Crippen LogP contribution >= 0.6 is 0 Å². The molecule has 0 spiro atoms. The Hall–Kier alpha value is -2.36. The number of hydrogen-bond donors (Lipinski definition) is 1. The molecule has 2 rings (SSSR count). The number of rotatable bonds is 3. The first kappa shape index (κ1) is 13.1. The largest absolute Gasteiger partial charge is 0.507 e. The lowest BCUT2D eigenvalue weighted by Crippen LogP contribution is -1.92. The van der Waals surface area contributed by atoms with Gasteiger partial charge < -0.3 is 9.84 Å². The van der Waals surface area contributed by atoms with Crippen LogP contribution in [-0.2, 0) is 4.79 Å². The molecule has 0 aliphatic carbocycles. The second-order valence-corrected chi connectivity index (χ2v) is 4.19. The van der Waals surface area contributed by atoms with Crippen LogP contribution in [0, 0.1) is 5.82 Å². The lowest BCUT2D eigenvalue weighted by molar-refractivity contribution is -0.112. The van der Waals surface area contributed by atoms with Crippen molar-refractivity contribution in [3.63, 3.8) is 0 Å². The Labute approximate surface area is 109 Å². The number of halogens is 1. The highest BCUT2D eigenvalue weighted by Crippen LogP contribution is 2.26. The summed E-state index contributed by atoms with van der Waals surface area (Å²) in [6, 6.07) is 7.79. The molecule has 0 amide bonds. The molecule has 0 aliphatic heterocycles. The standard InChI is InChI=1S/C15H13FO3/c1-9(17)5-15(18)11-6-10-3-4-12(19-2)8-13(10)14(16)7-11/h3-8,18H,1-2H3. The van der Waals surface area contributed by atoms with Crippen molar-refractivity contribution >= 4 is 22.3 Å². The molecule has 0 saturated heterocycles. The summed E-state index contributed by atoms with van der Waals surface area (Å²) in [4.78, 5) is 10.9. The minimum absolute atomic E-state index is 0.246. The first-order chi connectivity index (χ1) is 9.01. The van der Waals surface area contributed by atoms with Crippen LogP contribution in [0.15, 0.2) is 36.4 Å². The highest BCUT2D eigenvalue weighted by Gasteiger charge is 2.08. The summed E-state index contributed by atoms with van der Waals surface area (Å²) in [5.41, 5.74) is 0.269. The minimum Gasteiger partial charge on any atom is -0.507 e. The summed E-state index contributed by atoms with van der Waals surface area (Å²) in [6.45, 7) is 1.32. The van der Waals surface area contributed by atoms with Gasteiger partial charge in [-0.3, -0.25) is 4.79 Å². The van der Waals surface area contributed by atoms with Gasteiger partial charge in [0.1, 0.15) is 17.3 Å². The van der Waals surface area contributed by atoms with Gasteiger partial charge >= 0.3 is 0 Å². The number of hydrogen-bond acceptors (Lipinski definition) is 3. The molecule has 0 unspecified atom stereocenters. The van der Waals surface area contributed by atoms with Gasteiger partial charge in [0.15, 0.2) is 5.78 Å². The van der Waals surface area contributed by atoms with E-state index in [0.29, 0.717) is 16.5 Å². The quantitative estimate of drug-likeness (QED) is 0.679. The Morgan fingerprint density at radius 3 is 2.68 bits per heavy atom. The van der Waals surface area contributed by atoms with E-state index in [9.17, 15) is 14.3 Å². The molecule has 4 heteroatoms. The van der Waals surface area contributed by atoms with Gasteiger partial charge in [-0.05, 0) is 36.6 Å². The van der Waals surface area contributed by atoms with Gasteiger partial charge in [0.05, 0.1) is 7.11 Å². The highest BCUT2D eigenvalue weighted by atomic mass is 19.1. The van der Waals surface area contributed by atoms with Crippen molar-refractivity contribution in [1.29, 1.82) is 0 Å². The highest BCUT2D eigenvalue weighted by molar-refractivity contribution is 5.95. The van der Waals surface area contributed by atoms with Gasteiger partial charge in [0.25, 0.3) is 0 Å². The van der Waals surface area contributed by atoms with E-state index in [-0.39, 0.29) is 17.1 Å². The van der Waals surface area contributed by atoms with E-state index in [1.165, 1.54) is 20.1 Å². The van der Waals surface area contributed by atoms with Crippen LogP contribution in [0.1, 0.15) is 12.5 Å². The summed E-state index contributed by atoms with van der Waals surface area (Å²) in [7, 11) is 1.51. The SMILES string of the molecule is COc1ccc2cc(C(O)=CC(C)=O)cc(F)c2c1. The molecule has 0 heterocycles. The van der Waals surface area contributed by atoms with Gasteiger partial charge in [0, 0.05) is 17.0 Å². The number of fused-ring (bicyclic) bond motifs is 1. The van der Waals surface area contributed by atoms with Crippen molar-refractivity contribution < 1.29 is 19.0 Å². The number of carbonyl (C=O) groups is 1. The van der Waals surface area contributed by atoms with E-state index in [0.717, 1.165) is 6.08 Å². The Balaban J connectivity index is 2.60. The van der Waals surface area contributed by atoms with Crippen LogP contribution in [0.3, 0.4) is 0 Å². The van der Waals surface area contributed by atoms with Crippen LogP contribution in [0.25, 0.3) is 16.5 Å². The Bertz CT molecular complexity index is 674. The van der Waals surface area contributed by atoms with Gasteiger partial charge in [-0.25, -0.2) is 4.39 Å². The lowest BCUT2D eigenvalue weighted by Gasteiger charge is -2.06. The molecule has 0 radical (unpaired) electrons. The maximum Gasteiger partial charge on any atom is 0.156 e. The molecule has 3 nitrogen and oxygen atoms in total. The molecule has 2 aromatic carbocycles. The van der Waals surface area contributed by atoms with Crippen LogP contribution in [0.5, 0.6) is 5.75 Å². The molecule has 0 fully saturated rings. The Morgan fingerprint density at radius 1 is 1.32 bits per heavy atom. The maximum atomic E-state index is 14.0. The van der Waals surface area contributed by atoms with Gasteiger partial charge in [-0.1, -0.05) is 6.07 Å². The van der Waals surface area contributed by atoms with Crippen LogP contribution in [0.2, 0.25) is 0 Å². The maximum absolute atomic E-state index is 14.0. The van der Waals surface area contributed by atoms with E-state index in [2.05, 4.69) is 0 Å².